The lowest BCUT2D eigenvalue weighted by Crippen LogP contribution is -2.37. The first-order chi connectivity index (χ1) is 14.0. The van der Waals surface area contributed by atoms with Gasteiger partial charge in [-0.05, 0) is 23.1 Å². The lowest BCUT2D eigenvalue weighted by atomic mass is 10.2. The van der Waals surface area contributed by atoms with E-state index < -0.39 is 5.69 Å². The monoisotopic (exact) mass is 425 g/mol. The molecule has 0 aliphatic rings. The minimum Gasteiger partial charge on any atom is -0.304 e. The Balaban J connectivity index is 1.88. The fourth-order valence-electron chi connectivity index (χ4n) is 3.59. The van der Waals surface area contributed by atoms with E-state index in [1.165, 1.54) is 11.6 Å². The highest BCUT2D eigenvalue weighted by Gasteiger charge is 2.21. The average Bonchev–Trinajstić information content (AvgIpc) is 3.42. The molecule has 0 N–H and O–H groups in total. The fraction of sp³-hybridized carbons (Fsp3) is 0.150. The first-order valence-corrected chi connectivity index (χ1v) is 10.2. The lowest BCUT2D eigenvalue weighted by molar-refractivity contribution is 0.707. The molecule has 4 heterocycles. The third kappa shape index (κ3) is 2.60. The molecule has 0 spiro atoms. The van der Waals surface area contributed by atoms with Gasteiger partial charge in [-0.3, -0.25) is 18.3 Å². The minimum absolute atomic E-state index is 0.360. The van der Waals surface area contributed by atoms with Crippen molar-refractivity contribution in [3.05, 3.63) is 79.4 Å². The number of benzene rings is 1. The molecule has 0 amide bonds. The molecule has 0 aliphatic heterocycles. The smallest absolute Gasteiger partial charge is 0.304 e. The summed E-state index contributed by atoms with van der Waals surface area (Å²) in [5.41, 5.74) is 1.83. The molecule has 29 heavy (non-hydrogen) atoms. The van der Waals surface area contributed by atoms with Gasteiger partial charge in [-0.15, -0.1) is 11.3 Å². The van der Waals surface area contributed by atoms with Crippen LogP contribution in [0.4, 0.5) is 0 Å². The predicted molar refractivity (Wildman–Crippen MR) is 115 cm³/mol. The van der Waals surface area contributed by atoms with Crippen molar-refractivity contribution in [2.24, 2.45) is 14.1 Å². The molecule has 0 saturated heterocycles. The highest BCUT2D eigenvalue weighted by atomic mass is 35.5. The molecule has 0 saturated carbocycles. The van der Waals surface area contributed by atoms with E-state index in [-0.39, 0.29) is 5.56 Å². The maximum atomic E-state index is 12.9. The standard InChI is InChI=1S/C20H16ClN5O2S/c1-23-17-16(18(27)24(2)20(23)28)26-11-14(15-8-5-9-29-15)25(19(26)22-17)10-12-6-3-4-7-13(12)21/h3-9,11H,10H2,1-2H3. The van der Waals surface area contributed by atoms with Crippen molar-refractivity contribution < 1.29 is 0 Å². The summed E-state index contributed by atoms with van der Waals surface area (Å²) in [5, 5.41) is 2.67. The second-order valence-corrected chi connectivity index (χ2v) is 8.18. The van der Waals surface area contributed by atoms with Crippen LogP contribution in [-0.2, 0) is 20.6 Å². The minimum atomic E-state index is -0.403. The van der Waals surface area contributed by atoms with Gasteiger partial charge < -0.3 is 4.57 Å². The second kappa shape index (κ2) is 6.47. The van der Waals surface area contributed by atoms with Crippen LogP contribution in [0.1, 0.15) is 5.56 Å². The number of nitrogens with zero attached hydrogens (tertiary/aromatic N) is 5. The summed E-state index contributed by atoms with van der Waals surface area (Å²) in [6.45, 7) is 0.487. The summed E-state index contributed by atoms with van der Waals surface area (Å²) in [6, 6.07) is 11.7. The van der Waals surface area contributed by atoms with Crippen LogP contribution in [0.2, 0.25) is 5.02 Å². The van der Waals surface area contributed by atoms with E-state index in [9.17, 15) is 9.59 Å². The Labute approximate surface area is 173 Å². The van der Waals surface area contributed by atoms with Crippen LogP contribution in [0.15, 0.2) is 57.6 Å². The Morgan fingerprint density at radius 3 is 2.59 bits per heavy atom. The van der Waals surface area contributed by atoms with Crippen molar-refractivity contribution in [2.45, 2.75) is 6.54 Å². The normalized spacial score (nSPS) is 11.7. The van der Waals surface area contributed by atoms with Crippen molar-refractivity contribution in [3.8, 4) is 10.6 Å². The number of aryl methyl sites for hydroxylation is 1. The Bertz CT molecular complexity index is 1500. The molecular weight excluding hydrogens is 410 g/mol. The van der Waals surface area contributed by atoms with Gasteiger partial charge in [0.1, 0.15) is 0 Å². The van der Waals surface area contributed by atoms with Crippen molar-refractivity contribution >= 4 is 39.9 Å². The summed E-state index contributed by atoms with van der Waals surface area (Å²) < 4.78 is 6.29. The molecule has 146 valence electrons. The quantitative estimate of drug-likeness (QED) is 0.446. The first-order valence-electron chi connectivity index (χ1n) is 8.92. The van der Waals surface area contributed by atoms with Gasteiger partial charge in [-0.25, -0.2) is 4.79 Å². The molecule has 1 aromatic carbocycles. The van der Waals surface area contributed by atoms with Gasteiger partial charge >= 0.3 is 5.69 Å². The van der Waals surface area contributed by atoms with E-state index in [1.54, 1.807) is 22.8 Å². The maximum Gasteiger partial charge on any atom is 0.332 e. The van der Waals surface area contributed by atoms with Crippen LogP contribution < -0.4 is 11.2 Å². The third-order valence-corrected chi connectivity index (χ3v) is 6.38. The van der Waals surface area contributed by atoms with Crippen LogP contribution in [-0.4, -0.2) is 23.1 Å². The Morgan fingerprint density at radius 1 is 1.07 bits per heavy atom. The van der Waals surface area contributed by atoms with Crippen LogP contribution >= 0.6 is 22.9 Å². The van der Waals surface area contributed by atoms with Gasteiger partial charge in [0.25, 0.3) is 5.56 Å². The van der Waals surface area contributed by atoms with Crippen molar-refractivity contribution in [1.29, 1.82) is 0 Å². The van der Waals surface area contributed by atoms with Gasteiger partial charge in [0.05, 0.1) is 17.1 Å². The Hall–Kier alpha value is -3.10. The highest BCUT2D eigenvalue weighted by molar-refractivity contribution is 7.13. The molecule has 0 radical (unpaired) electrons. The highest BCUT2D eigenvalue weighted by Crippen LogP contribution is 2.30. The number of thiophene rings is 1. The van der Waals surface area contributed by atoms with Crippen LogP contribution in [0.25, 0.3) is 27.5 Å². The number of aromatic nitrogens is 5. The predicted octanol–water partition coefficient (Wildman–Crippen LogP) is 3.12. The summed E-state index contributed by atoms with van der Waals surface area (Å²) in [4.78, 5) is 30.9. The number of hydrogen-bond acceptors (Lipinski definition) is 4. The molecule has 5 rings (SSSR count). The molecule has 7 nitrogen and oxygen atoms in total. The average molecular weight is 426 g/mol. The zero-order chi connectivity index (χ0) is 20.3. The molecule has 0 aliphatic carbocycles. The van der Waals surface area contributed by atoms with E-state index in [1.807, 2.05) is 52.5 Å². The van der Waals surface area contributed by atoms with E-state index in [0.29, 0.717) is 28.5 Å². The fourth-order valence-corrected chi connectivity index (χ4v) is 4.53. The summed E-state index contributed by atoms with van der Waals surface area (Å²) in [6.07, 6.45) is 1.90. The second-order valence-electron chi connectivity index (χ2n) is 6.83. The van der Waals surface area contributed by atoms with E-state index in [0.717, 1.165) is 20.7 Å². The number of hydrogen-bond donors (Lipinski definition) is 0. The summed E-state index contributed by atoms with van der Waals surface area (Å²) in [5.74, 6) is 0.585. The molecule has 0 bridgehead atoms. The third-order valence-electron chi connectivity index (χ3n) is 5.12. The number of imidazole rings is 2. The van der Waals surface area contributed by atoms with Gasteiger partial charge in [0.2, 0.25) is 5.78 Å². The zero-order valence-electron chi connectivity index (χ0n) is 15.7. The van der Waals surface area contributed by atoms with Gasteiger partial charge in [-0.1, -0.05) is 35.9 Å². The first kappa shape index (κ1) is 18.0. The van der Waals surface area contributed by atoms with Gasteiger partial charge in [0.15, 0.2) is 11.2 Å². The molecule has 9 heteroatoms. The number of halogens is 1. The largest absolute Gasteiger partial charge is 0.332 e. The lowest BCUT2D eigenvalue weighted by Gasteiger charge is -2.09. The number of rotatable bonds is 3. The van der Waals surface area contributed by atoms with Crippen LogP contribution in [0.5, 0.6) is 0 Å². The van der Waals surface area contributed by atoms with Crippen molar-refractivity contribution in [3.63, 3.8) is 0 Å². The Morgan fingerprint density at radius 2 is 1.86 bits per heavy atom. The van der Waals surface area contributed by atoms with Crippen LogP contribution in [0, 0.1) is 0 Å². The molecule has 5 aromatic rings. The van der Waals surface area contributed by atoms with Gasteiger partial charge in [-0.2, -0.15) is 4.98 Å². The topological polar surface area (TPSA) is 66.2 Å². The number of fused-ring (bicyclic) bond motifs is 3. The summed E-state index contributed by atoms with van der Waals surface area (Å²) >= 11 is 8.01. The van der Waals surface area contributed by atoms with Crippen LogP contribution in [0.3, 0.4) is 0 Å². The van der Waals surface area contributed by atoms with E-state index in [2.05, 4.69) is 4.98 Å². The van der Waals surface area contributed by atoms with E-state index >= 15 is 0 Å². The van der Waals surface area contributed by atoms with Crippen molar-refractivity contribution in [1.82, 2.24) is 23.1 Å². The molecule has 0 atom stereocenters. The molecular formula is C20H16ClN5O2S. The van der Waals surface area contributed by atoms with E-state index in [4.69, 9.17) is 11.6 Å². The SMILES string of the molecule is Cn1c(=O)c2c(nc3n(Cc4ccccc4Cl)c(-c4cccs4)cn23)n(C)c1=O. The maximum absolute atomic E-state index is 12.9. The summed E-state index contributed by atoms with van der Waals surface area (Å²) in [7, 11) is 3.10. The molecule has 4 aromatic heterocycles. The molecule has 0 fully saturated rings. The van der Waals surface area contributed by atoms with Gasteiger partial charge in [0, 0.05) is 25.3 Å². The molecule has 0 unspecified atom stereocenters. The van der Waals surface area contributed by atoms with Crippen molar-refractivity contribution in [2.75, 3.05) is 0 Å². The Kier molecular flexibility index (Phi) is 4.01. The zero-order valence-corrected chi connectivity index (χ0v) is 17.2.